The van der Waals surface area contributed by atoms with Crippen molar-refractivity contribution in [2.24, 2.45) is 0 Å². The quantitative estimate of drug-likeness (QED) is 0.888. The highest BCUT2D eigenvalue weighted by atomic mass is 16.5. The number of anilines is 2. The first-order chi connectivity index (χ1) is 10.9. The summed E-state index contributed by atoms with van der Waals surface area (Å²) in [7, 11) is 0. The molecule has 0 unspecified atom stereocenters. The minimum absolute atomic E-state index is 0.670. The van der Waals surface area contributed by atoms with Crippen LogP contribution in [0.5, 0.6) is 5.75 Å². The summed E-state index contributed by atoms with van der Waals surface area (Å²) in [6, 6.07) is 10.1. The molecule has 0 amide bonds. The minimum atomic E-state index is 0.670. The van der Waals surface area contributed by atoms with E-state index in [1.54, 1.807) is 6.33 Å². The highest BCUT2D eigenvalue weighted by molar-refractivity contribution is 5.49. The maximum Gasteiger partial charge on any atom is 0.134 e. The Morgan fingerprint density at radius 2 is 2.00 bits per heavy atom. The summed E-state index contributed by atoms with van der Waals surface area (Å²) in [6.45, 7) is 5.53. The fourth-order valence-corrected chi connectivity index (χ4v) is 2.69. The molecule has 1 aliphatic heterocycles. The van der Waals surface area contributed by atoms with E-state index < -0.39 is 0 Å². The molecule has 0 bridgehead atoms. The maximum absolute atomic E-state index is 5.65. The molecule has 5 heteroatoms. The van der Waals surface area contributed by atoms with Crippen LogP contribution in [0.15, 0.2) is 36.7 Å². The zero-order chi connectivity index (χ0) is 15.2. The summed E-state index contributed by atoms with van der Waals surface area (Å²) < 4.78 is 5.65. The van der Waals surface area contributed by atoms with Gasteiger partial charge in [0, 0.05) is 31.3 Å². The van der Waals surface area contributed by atoms with E-state index in [-0.39, 0.29) is 0 Å². The van der Waals surface area contributed by atoms with Crippen LogP contribution >= 0.6 is 0 Å². The van der Waals surface area contributed by atoms with E-state index in [1.807, 2.05) is 31.2 Å². The third-order valence-electron chi connectivity index (χ3n) is 3.82. The van der Waals surface area contributed by atoms with Crippen molar-refractivity contribution >= 4 is 11.6 Å². The van der Waals surface area contributed by atoms with Crippen LogP contribution < -0.4 is 15.0 Å². The van der Waals surface area contributed by atoms with E-state index in [9.17, 15) is 0 Å². The summed E-state index contributed by atoms with van der Waals surface area (Å²) in [5, 5.41) is 3.37. The molecule has 3 rings (SSSR count). The molecule has 1 aromatic carbocycles. The first-order valence-corrected chi connectivity index (χ1v) is 7.88. The highest BCUT2D eigenvalue weighted by Gasteiger charge is 2.14. The molecular weight excluding hydrogens is 276 g/mol. The highest BCUT2D eigenvalue weighted by Crippen LogP contribution is 2.21. The van der Waals surface area contributed by atoms with Gasteiger partial charge in [0.15, 0.2) is 0 Å². The average molecular weight is 298 g/mol. The molecule has 2 heterocycles. The van der Waals surface area contributed by atoms with E-state index in [1.165, 1.54) is 12.8 Å². The second kappa shape index (κ2) is 7.11. The molecule has 0 atom stereocenters. The fourth-order valence-electron chi connectivity index (χ4n) is 2.69. The van der Waals surface area contributed by atoms with Crippen molar-refractivity contribution in [3.63, 3.8) is 0 Å². The zero-order valence-electron chi connectivity index (χ0n) is 13.0. The first kappa shape index (κ1) is 14.6. The van der Waals surface area contributed by atoms with Gasteiger partial charge in [-0.3, -0.25) is 0 Å². The monoisotopic (exact) mass is 298 g/mol. The summed E-state index contributed by atoms with van der Waals surface area (Å²) in [4.78, 5) is 11.0. The van der Waals surface area contributed by atoms with E-state index in [4.69, 9.17) is 4.74 Å². The summed E-state index contributed by atoms with van der Waals surface area (Å²) in [6.07, 6.45) is 4.12. The Bertz CT molecular complexity index is 611. The smallest absolute Gasteiger partial charge is 0.134 e. The molecule has 116 valence electrons. The van der Waals surface area contributed by atoms with E-state index in [0.717, 1.165) is 36.0 Å². The molecule has 1 aromatic heterocycles. The van der Waals surface area contributed by atoms with E-state index >= 15 is 0 Å². The van der Waals surface area contributed by atoms with Crippen molar-refractivity contribution in [1.29, 1.82) is 0 Å². The third-order valence-corrected chi connectivity index (χ3v) is 3.82. The van der Waals surface area contributed by atoms with E-state index in [0.29, 0.717) is 13.2 Å². The number of rotatable bonds is 6. The molecule has 1 N–H and O–H groups in total. The normalized spacial score (nSPS) is 14.1. The van der Waals surface area contributed by atoms with Crippen LogP contribution in [0.4, 0.5) is 11.6 Å². The predicted molar refractivity (Wildman–Crippen MR) is 88.4 cm³/mol. The van der Waals surface area contributed by atoms with Crippen LogP contribution in [0.25, 0.3) is 0 Å². The van der Waals surface area contributed by atoms with Gasteiger partial charge in [-0.25, -0.2) is 9.97 Å². The molecule has 1 aliphatic rings. The molecule has 0 radical (unpaired) electrons. The predicted octanol–water partition coefficient (Wildman–Crippen LogP) is 3.09. The molecule has 5 nitrogen and oxygen atoms in total. The van der Waals surface area contributed by atoms with Gasteiger partial charge in [-0.1, -0.05) is 18.2 Å². The Morgan fingerprint density at radius 1 is 1.18 bits per heavy atom. The van der Waals surface area contributed by atoms with Crippen molar-refractivity contribution in [1.82, 2.24) is 9.97 Å². The number of benzene rings is 1. The minimum Gasteiger partial charge on any atom is -0.494 e. The van der Waals surface area contributed by atoms with Gasteiger partial charge in [0.25, 0.3) is 0 Å². The van der Waals surface area contributed by atoms with Gasteiger partial charge in [0.2, 0.25) is 0 Å². The maximum atomic E-state index is 5.65. The summed E-state index contributed by atoms with van der Waals surface area (Å²) in [5.74, 6) is 2.78. The average Bonchev–Trinajstić information content (AvgIpc) is 3.09. The fraction of sp³-hybridized carbons (Fsp3) is 0.412. The molecule has 1 fully saturated rings. The lowest BCUT2D eigenvalue weighted by Gasteiger charge is -2.17. The lowest BCUT2D eigenvalue weighted by atomic mass is 10.2. The second-order valence-corrected chi connectivity index (χ2v) is 5.35. The Morgan fingerprint density at radius 3 is 2.82 bits per heavy atom. The van der Waals surface area contributed by atoms with E-state index in [2.05, 4.69) is 26.3 Å². The van der Waals surface area contributed by atoms with Gasteiger partial charge in [0.05, 0.1) is 6.61 Å². The van der Waals surface area contributed by atoms with Gasteiger partial charge in [-0.2, -0.15) is 0 Å². The van der Waals surface area contributed by atoms with Crippen molar-refractivity contribution in [2.45, 2.75) is 26.3 Å². The van der Waals surface area contributed by atoms with Crippen LogP contribution in [0.3, 0.4) is 0 Å². The third kappa shape index (κ3) is 3.47. The molecule has 22 heavy (non-hydrogen) atoms. The van der Waals surface area contributed by atoms with Crippen LogP contribution in [-0.4, -0.2) is 29.7 Å². The number of ether oxygens (including phenoxy) is 1. The van der Waals surface area contributed by atoms with Crippen LogP contribution in [0.1, 0.15) is 25.3 Å². The topological polar surface area (TPSA) is 50.3 Å². The largest absolute Gasteiger partial charge is 0.494 e. The Balaban J connectivity index is 1.67. The summed E-state index contributed by atoms with van der Waals surface area (Å²) in [5.41, 5.74) is 1.13. The van der Waals surface area contributed by atoms with Gasteiger partial charge in [-0.05, 0) is 25.8 Å². The van der Waals surface area contributed by atoms with Crippen molar-refractivity contribution in [2.75, 3.05) is 29.9 Å². The molecule has 2 aromatic rings. The number of nitrogens with zero attached hydrogens (tertiary/aromatic N) is 3. The second-order valence-electron chi connectivity index (χ2n) is 5.35. The SMILES string of the molecule is CCOc1ccccc1CNc1cc(N2CCCC2)ncn1. The summed E-state index contributed by atoms with van der Waals surface area (Å²) >= 11 is 0. The zero-order valence-corrected chi connectivity index (χ0v) is 13.0. The van der Waals surface area contributed by atoms with Crippen molar-refractivity contribution in [3.8, 4) is 5.75 Å². The molecule has 0 saturated carbocycles. The van der Waals surface area contributed by atoms with Gasteiger partial charge >= 0.3 is 0 Å². The number of hydrogen-bond donors (Lipinski definition) is 1. The first-order valence-electron chi connectivity index (χ1n) is 7.88. The van der Waals surface area contributed by atoms with Crippen LogP contribution in [-0.2, 0) is 6.54 Å². The van der Waals surface area contributed by atoms with Crippen LogP contribution in [0.2, 0.25) is 0 Å². The van der Waals surface area contributed by atoms with Gasteiger partial charge in [-0.15, -0.1) is 0 Å². The molecule has 0 aliphatic carbocycles. The van der Waals surface area contributed by atoms with Gasteiger partial charge in [0.1, 0.15) is 23.7 Å². The number of aromatic nitrogens is 2. The van der Waals surface area contributed by atoms with Crippen LogP contribution in [0, 0.1) is 0 Å². The number of nitrogens with one attached hydrogen (secondary N) is 1. The number of para-hydroxylation sites is 1. The standard InChI is InChI=1S/C17H22N4O/c1-2-22-15-8-4-3-7-14(15)12-18-16-11-17(20-13-19-16)21-9-5-6-10-21/h3-4,7-8,11,13H,2,5-6,9-10,12H2,1H3,(H,18,19,20). The lowest BCUT2D eigenvalue weighted by Crippen LogP contribution is -2.19. The van der Waals surface area contributed by atoms with Crippen molar-refractivity contribution < 1.29 is 4.74 Å². The number of hydrogen-bond acceptors (Lipinski definition) is 5. The molecular formula is C17H22N4O. The lowest BCUT2D eigenvalue weighted by molar-refractivity contribution is 0.337. The molecule has 1 saturated heterocycles. The van der Waals surface area contributed by atoms with Gasteiger partial charge < -0.3 is 15.0 Å². The Kier molecular flexibility index (Phi) is 4.73. The Hall–Kier alpha value is -2.30. The Labute approximate surface area is 131 Å². The molecule has 0 spiro atoms. The van der Waals surface area contributed by atoms with Crippen molar-refractivity contribution in [3.05, 3.63) is 42.2 Å².